The Balaban J connectivity index is 2.34. The van der Waals surface area contributed by atoms with E-state index in [0.717, 1.165) is 0 Å². The second kappa shape index (κ2) is 3.72. The van der Waals surface area contributed by atoms with Crippen molar-refractivity contribution in [2.45, 2.75) is 12.6 Å². The first kappa shape index (κ1) is 11.4. The quantitative estimate of drug-likeness (QED) is 0.809. The molecule has 0 aromatic carbocycles. The zero-order valence-electron chi connectivity index (χ0n) is 8.40. The highest BCUT2D eigenvalue weighted by Gasteiger charge is 2.43. The summed E-state index contributed by atoms with van der Waals surface area (Å²) in [5, 5.41) is 3.82. The van der Waals surface area contributed by atoms with Crippen LogP contribution < -0.4 is 10.7 Å². The zero-order chi connectivity index (χ0) is 12.6. The van der Waals surface area contributed by atoms with Crippen LogP contribution in [-0.4, -0.2) is 22.8 Å². The smallest absolute Gasteiger partial charge is 0.399 e. The number of nitrogen functional groups attached to an aromatic ring is 1. The Kier molecular flexibility index (Phi) is 2.49. The second-order valence-corrected chi connectivity index (χ2v) is 3.37. The van der Waals surface area contributed by atoms with E-state index in [-0.39, 0.29) is 5.82 Å². The van der Waals surface area contributed by atoms with Crippen LogP contribution in [0.5, 0.6) is 0 Å². The summed E-state index contributed by atoms with van der Waals surface area (Å²) in [6.07, 6.45) is -4.09. The first-order valence-electron chi connectivity index (χ1n) is 4.57. The monoisotopic (exact) mass is 244 g/mol. The third-order valence-corrected chi connectivity index (χ3v) is 2.09. The maximum atomic E-state index is 12.3. The highest BCUT2D eigenvalue weighted by molar-refractivity contribution is 6.14. The summed E-state index contributed by atoms with van der Waals surface area (Å²) >= 11 is 0. The molecule has 0 radical (unpaired) electrons. The highest BCUT2D eigenvalue weighted by atomic mass is 19.4. The second-order valence-electron chi connectivity index (χ2n) is 3.37. The molecule has 0 atom stereocenters. The van der Waals surface area contributed by atoms with Gasteiger partial charge in [0.1, 0.15) is 0 Å². The largest absolute Gasteiger partial charge is 0.431 e. The van der Waals surface area contributed by atoms with E-state index in [1.165, 1.54) is 18.3 Å². The van der Waals surface area contributed by atoms with Crippen molar-refractivity contribution in [2.24, 2.45) is 5.10 Å². The summed E-state index contributed by atoms with van der Waals surface area (Å²) in [5.41, 5.74) is 4.60. The average molecular weight is 244 g/mol. The van der Waals surface area contributed by atoms with Gasteiger partial charge in [-0.3, -0.25) is 4.79 Å². The number of anilines is 2. The molecule has 0 aliphatic carbocycles. The molecule has 0 bridgehead atoms. The molecule has 0 unspecified atom stereocenters. The van der Waals surface area contributed by atoms with Gasteiger partial charge in [0.05, 0.1) is 6.42 Å². The van der Waals surface area contributed by atoms with Gasteiger partial charge in [-0.25, -0.2) is 4.98 Å². The number of alkyl halides is 3. The number of nitrogens with zero attached hydrogens (tertiary/aromatic N) is 3. The minimum absolute atomic E-state index is 0.0192. The molecule has 2 N–H and O–H groups in total. The lowest BCUT2D eigenvalue weighted by Gasteiger charge is -2.10. The van der Waals surface area contributed by atoms with Gasteiger partial charge in [0.25, 0.3) is 5.91 Å². The number of hydrazone groups is 1. The van der Waals surface area contributed by atoms with Crippen LogP contribution in [-0.2, 0) is 4.79 Å². The Labute approximate surface area is 93.7 Å². The van der Waals surface area contributed by atoms with Gasteiger partial charge in [0.2, 0.25) is 0 Å². The van der Waals surface area contributed by atoms with E-state index < -0.39 is 24.2 Å². The molecule has 2 heterocycles. The Hall–Kier alpha value is -2.12. The summed E-state index contributed by atoms with van der Waals surface area (Å²) in [4.78, 5) is 15.1. The van der Waals surface area contributed by atoms with Crippen molar-refractivity contribution in [3.8, 4) is 0 Å². The third kappa shape index (κ3) is 2.19. The van der Waals surface area contributed by atoms with Crippen molar-refractivity contribution in [1.82, 2.24) is 4.98 Å². The third-order valence-electron chi connectivity index (χ3n) is 2.09. The van der Waals surface area contributed by atoms with Crippen molar-refractivity contribution < 1.29 is 18.0 Å². The first-order valence-corrected chi connectivity index (χ1v) is 4.57. The molecule has 0 saturated carbocycles. The molecule has 8 heteroatoms. The normalized spacial score (nSPS) is 16.3. The number of rotatable bonds is 1. The minimum Gasteiger partial charge on any atom is -0.399 e. The molecule has 0 fully saturated rings. The predicted octanol–water partition coefficient (Wildman–Crippen LogP) is 1.32. The van der Waals surface area contributed by atoms with Gasteiger partial charge in [-0.1, -0.05) is 0 Å². The van der Waals surface area contributed by atoms with E-state index in [0.29, 0.717) is 10.7 Å². The van der Waals surface area contributed by atoms with E-state index >= 15 is 0 Å². The number of nitrogens with two attached hydrogens (primary N) is 1. The van der Waals surface area contributed by atoms with Crippen LogP contribution in [0.15, 0.2) is 23.4 Å². The fraction of sp³-hybridized carbons (Fsp3) is 0.222. The van der Waals surface area contributed by atoms with Crippen molar-refractivity contribution in [1.29, 1.82) is 0 Å². The van der Waals surface area contributed by atoms with Gasteiger partial charge in [-0.15, -0.1) is 0 Å². The molecule has 0 saturated heterocycles. The number of hydrogen-bond acceptors (Lipinski definition) is 4. The topological polar surface area (TPSA) is 71.6 Å². The fourth-order valence-corrected chi connectivity index (χ4v) is 1.32. The number of hydrogen-bond donors (Lipinski definition) is 1. The number of pyridine rings is 1. The molecular weight excluding hydrogens is 237 g/mol. The number of halogens is 3. The molecule has 17 heavy (non-hydrogen) atoms. The lowest BCUT2D eigenvalue weighted by atomic mass is 10.2. The zero-order valence-corrected chi connectivity index (χ0v) is 8.40. The van der Waals surface area contributed by atoms with Gasteiger partial charge in [0.15, 0.2) is 11.5 Å². The Bertz CT molecular complexity index is 497. The molecule has 1 amide bonds. The maximum Gasteiger partial charge on any atom is 0.431 e. The van der Waals surface area contributed by atoms with Crippen LogP contribution in [0.3, 0.4) is 0 Å². The lowest BCUT2D eigenvalue weighted by Crippen LogP contribution is -2.22. The maximum absolute atomic E-state index is 12.3. The Morgan fingerprint density at radius 2 is 2.12 bits per heavy atom. The standard InChI is InChI=1S/C9H7F3N4O/c10-9(11,12)6-4-8(17)16(15-6)7-3-5(13)1-2-14-7/h1-3H,4H2,(H2,13,14). The van der Waals surface area contributed by atoms with E-state index in [4.69, 9.17) is 5.73 Å². The summed E-state index contributed by atoms with van der Waals surface area (Å²) in [5.74, 6) is -0.801. The van der Waals surface area contributed by atoms with Crippen LogP contribution in [0.2, 0.25) is 0 Å². The molecule has 2 rings (SSSR count). The van der Waals surface area contributed by atoms with Gasteiger partial charge < -0.3 is 5.73 Å². The van der Waals surface area contributed by atoms with Crippen LogP contribution in [0.25, 0.3) is 0 Å². The summed E-state index contributed by atoms with van der Waals surface area (Å²) < 4.78 is 37.0. The molecule has 1 aliphatic heterocycles. The van der Waals surface area contributed by atoms with Crippen LogP contribution in [0.1, 0.15) is 6.42 Å². The van der Waals surface area contributed by atoms with E-state index in [1.54, 1.807) is 0 Å². The van der Waals surface area contributed by atoms with Gasteiger partial charge >= 0.3 is 6.18 Å². The first-order chi connectivity index (χ1) is 7.88. The summed E-state index contributed by atoms with van der Waals surface area (Å²) in [6.45, 7) is 0. The number of amides is 1. The molecule has 1 aromatic heterocycles. The highest BCUT2D eigenvalue weighted by Crippen LogP contribution is 2.27. The van der Waals surface area contributed by atoms with Gasteiger partial charge in [-0.05, 0) is 6.07 Å². The average Bonchev–Trinajstić information content (AvgIpc) is 2.60. The number of aromatic nitrogens is 1. The van der Waals surface area contributed by atoms with E-state index in [9.17, 15) is 18.0 Å². The SMILES string of the molecule is Nc1ccnc(N2N=C(C(F)(F)F)CC2=O)c1. The molecule has 0 spiro atoms. The van der Waals surface area contributed by atoms with Crippen LogP contribution >= 0.6 is 0 Å². The van der Waals surface area contributed by atoms with Gasteiger partial charge in [0, 0.05) is 18.0 Å². The molecule has 90 valence electrons. The minimum atomic E-state index is -4.61. The molecule has 1 aliphatic rings. The summed E-state index contributed by atoms with van der Waals surface area (Å²) in [6, 6.07) is 2.74. The molecule has 1 aromatic rings. The van der Waals surface area contributed by atoms with E-state index in [2.05, 4.69) is 10.1 Å². The lowest BCUT2D eigenvalue weighted by molar-refractivity contribution is -0.117. The number of carbonyl (C=O) groups excluding carboxylic acids is 1. The van der Waals surface area contributed by atoms with Crippen molar-refractivity contribution in [3.05, 3.63) is 18.3 Å². The molecule has 5 nitrogen and oxygen atoms in total. The van der Waals surface area contributed by atoms with Gasteiger partial charge in [-0.2, -0.15) is 23.3 Å². The van der Waals surface area contributed by atoms with Crippen molar-refractivity contribution >= 4 is 23.1 Å². The summed E-state index contributed by atoms with van der Waals surface area (Å²) in [7, 11) is 0. The van der Waals surface area contributed by atoms with Crippen LogP contribution in [0.4, 0.5) is 24.7 Å². The van der Waals surface area contributed by atoms with Crippen molar-refractivity contribution in [3.63, 3.8) is 0 Å². The molecular formula is C9H7F3N4O. The Morgan fingerprint density at radius 1 is 1.41 bits per heavy atom. The Morgan fingerprint density at radius 3 is 2.65 bits per heavy atom. The van der Waals surface area contributed by atoms with E-state index in [1.807, 2.05) is 0 Å². The van der Waals surface area contributed by atoms with Crippen LogP contribution in [0, 0.1) is 0 Å². The number of carbonyl (C=O) groups is 1. The predicted molar refractivity (Wildman–Crippen MR) is 54.2 cm³/mol. The fourth-order valence-electron chi connectivity index (χ4n) is 1.32. The van der Waals surface area contributed by atoms with Crippen molar-refractivity contribution in [2.75, 3.05) is 10.7 Å².